The third-order valence-electron chi connectivity index (χ3n) is 1.19. The van der Waals surface area contributed by atoms with E-state index in [0.29, 0.717) is 0 Å². The van der Waals surface area contributed by atoms with Crippen molar-refractivity contribution in [3.05, 3.63) is 0 Å². The Labute approximate surface area is 88.1 Å². The number of alkyl halides is 7. The number of hydrogen-bond acceptors (Lipinski definition) is 4. The summed E-state index contributed by atoms with van der Waals surface area (Å²) in [5.41, 5.74) is 0. The van der Waals surface area contributed by atoms with Gasteiger partial charge in [-0.1, -0.05) is 0 Å². The third kappa shape index (κ3) is 3.18. The average Bonchev–Trinajstić information content (AvgIpc) is 1.97. The minimum absolute atomic E-state index is 2.34. The lowest BCUT2D eigenvalue weighted by molar-refractivity contribution is -0.346. The van der Waals surface area contributed by atoms with Gasteiger partial charge in [-0.25, -0.2) is 4.79 Å². The number of hydrogen-bond donors (Lipinski definition) is 1. The van der Waals surface area contributed by atoms with E-state index >= 15 is 0 Å². The van der Waals surface area contributed by atoms with Gasteiger partial charge in [-0.2, -0.15) is 39.2 Å². The van der Waals surface area contributed by atoms with Crippen molar-refractivity contribution in [3.63, 3.8) is 0 Å². The molecule has 0 aliphatic heterocycles. The van der Waals surface area contributed by atoms with E-state index in [1.165, 1.54) is 0 Å². The van der Waals surface area contributed by atoms with Crippen LogP contribution in [0.25, 0.3) is 0 Å². The molecule has 0 saturated carbocycles. The summed E-state index contributed by atoms with van der Waals surface area (Å²) in [6.07, 6.45) is -6.82. The molecule has 0 rings (SSSR count). The molecule has 13 heteroatoms. The van der Waals surface area contributed by atoms with Gasteiger partial charge in [0.15, 0.2) is 0 Å². The van der Waals surface area contributed by atoms with Crippen LogP contribution < -0.4 is 0 Å². The van der Waals surface area contributed by atoms with E-state index in [1.54, 1.807) is 0 Å². The highest BCUT2D eigenvalue weighted by Crippen LogP contribution is 2.47. The van der Waals surface area contributed by atoms with E-state index in [4.69, 9.17) is 4.55 Å². The van der Waals surface area contributed by atoms with Gasteiger partial charge in [0, 0.05) is 0 Å². The first-order chi connectivity index (χ1) is 7.13. The maximum Gasteiger partial charge on any atom is 0.460 e. The highest BCUT2D eigenvalue weighted by molar-refractivity contribution is 7.81. The first kappa shape index (κ1) is 15.9. The molecular weight excluding hydrogens is 293 g/mol. The van der Waals surface area contributed by atoms with E-state index in [1.807, 2.05) is 0 Å². The molecule has 0 bridgehead atoms. The summed E-state index contributed by atoms with van der Waals surface area (Å²) in [5, 5.41) is 0. The van der Waals surface area contributed by atoms with E-state index in [0.717, 1.165) is 0 Å². The first-order valence-corrected chi connectivity index (χ1v) is 4.53. The molecule has 17 heavy (non-hydrogen) atoms. The summed E-state index contributed by atoms with van der Waals surface area (Å²) in [4.78, 5) is 10.1. The quantitative estimate of drug-likeness (QED) is 0.624. The van der Waals surface area contributed by atoms with E-state index in [2.05, 4.69) is 4.18 Å². The lowest BCUT2D eigenvalue weighted by atomic mass is 10.1. The minimum Gasteiger partial charge on any atom is -0.319 e. The molecule has 5 nitrogen and oxygen atoms in total. The molecule has 0 radical (unpaired) electrons. The summed E-state index contributed by atoms with van der Waals surface area (Å²) in [5.74, 6) is -17.1. The van der Waals surface area contributed by atoms with Crippen molar-refractivity contribution >= 4 is 16.4 Å². The van der Waals surface area contributed by atoms with Gasteiger partial charge in [0.25, 0.3) is 0 Å². The summed E-state index contributed by atoms with van der Waals surface area (Å²) in [6.45, 7) is 0. The molecule has 0 amide bonds. The largest absolute Gasteiger partial charge is 0.460 e. The Balaban J connectivity index is 5.36. The highest BCUT2D eigenvalue weighted by Gasteiger charge is 2.77. The zero-order chi connectivity index (χ0) is 14.3. The lowest BCUT2D eigenvalue weighted by Gasteiger charge is -2.25. The molecule has 0 aromatic rings. The fraction of sp³-hybridized carbons (Fsp3) is 0.750. The second kappa shape index (κ2) is 3.97. The highest BCUT2D eigenvalue weighted by atomic mass is 32.3. The van der Waals surface area contributed by atoms with E-state index in [9.17, 15) is 43.9 Å². The predicted molar refractivity (Wildman–Crippen MR) is 33.6 cm³/mol. The van der Waals surface area contributed by atoms with Crippen molar-refractivity contribution in [1.82, 2.24) is 0 Å². The molecule has 102 valence electrons. The van der Waals surface area contributed by atoms with Crippen molar-refractivity contribution in [1.29, 1.82) is 0 Å². The zero-order valence-electron chi connectivity index (χ0n) is 7.13. The maximum atomic E-state index is 12.3. The van der Waals surface area contributed by atoms with Crippen molar-refractivity contribution in [2.75, 3.05) is 0 Å². The van der Waals surface area contributed by atoms with Crippen LogP contribution in [-0.2, 0) is 19.4 Å². The van der Waals surface area contributed by atoms with Crippen LogP contribution in [0.2, 0.25) is 0 Å². The van der Waals surface area contributed by atoms with E-state index in [-0.39, 0.29) is 0 Å². The number of halogens is 7. The minimum atomic E-state index is -6.86. The fourth-order valence-corrected chi connectivity index (χ4v) is 0.750. The SMILES string of the molecule is O=C(OS(=O)(=O)O)C(F)(F)C(F)(F)C(F)(F)F. The summed E-state index contributed by atoms with van der Waals surface area (Å²) < 4.78 is 113. The molecule has 0 aliphatic rings. The molecular formula is C4HF7O5S. The van der Waals surface area contributed by atoms with Crippen LogP contribution in [0.1, 0.15) is 0 Å². The monoisotopic (exact) mass is 294 g/mol. The molecule has 0 heterocycles. The van der Waals surface area contributed by atoms with Crippen molar-refractivity contribution in [2.24, 2.45) is 0 Å². The van der Waals surface area contributed by atoms with Gasteiger partial charge < -0.3 is 4.18 Å². The van der Waals surface area contributed by atoms with Gasteiger partial charge in [-0.05, 0) is 0 Å². The predicted octanol–water partition coefficient (Wildman–Crippen LogP) is 1.17. The Morgan fingerprint density at radius 3 is 1.59 bits per heavy atom. The second-order valence-corrected chi connectivity index (χ2v) is 3.47. The van der Waals surface area contributed by atoms with Crippen LogP contribution >= 0.6 is 0 Å². The standard InChI is InChI=1S/C4HF7O5S/c5-2(6,1(12)16-17(13,14)15)3(7,8)4(9,10)11/h(H,13,14,15). The maximum absolute atomic E-state index is 12.3. The van der Waals surface area contributed by atoms with Crippen LogP contribution in [0, 0.1) is 0 Å². The van der Waals surface area contributed by atoms with Gasteiger partial charge in [-0.3, -0.25) is 4.55 Å². The molecule has 0 spiro atoms. The summed E-state index contributed by atoms with van der Waals surface area (Å²) in [7, 11) is -5.94. The third-order valence-corrected chi connectivity index (χ3v) is 1.55. The molecule has 0 atom stereocenters. The zero-order valence-corrected chi connectivity index (χ0v) is 7.95. The molecule has 0 aliphatic carbocycles. The Morgan fingerprint density at radius 1 is 1.00 bits per heavy atom. The fourth-order valence-electron chi connectivity index (χ4n) is 0.454. The molecule has 0 unspecified atom stereocenters. The topological polar surface area (TPSA) is 80.7 Å². The first-order valence-electron chi connectivity index (χ1n) is 3.16. The van der Waals surface area contributed by atoms with Crippen molar-refractivity contribution in [2.45, 2.75) is 18.0 Å². The molecule has 0 fully saturated rings. The Hall–Kier alpha value is -1.11. The van der Waals surface area contributed by atoms with Crippen molar-refractivity contribution in [3.8, 4) is 0 Å². The second-order valence-electron chi connectivity index (χ2n) is 2.45. The number of carbonyl (C=O) groups is 1. The number of rotatable bonds is 3. The van der Waals surface area contributed by atoms with Crippen LogP contribution in [0.15, 0.2) is 0 Å². The van der Waals surface area contributed by atoms with Crippen LogP contribution in [0.5, 0.6) is 0 Å². The Bertz CT molecular complexity index is 408. The van der Waals surface area contributed by atoms with Gasteiger partial charge >= 0.3 is 34.4 Å². The lowest BCUT2D eigenvalue weighted by Crippen LogP contribution is -2.56. The summed E-state index contributed by atoms with van der Waals surface area (Å²) in [6, 6.07) is 0. The van der Waals surface area contributed by atoms with Crippen LogP contribution in [0.3, 0.4) is 0 Å². The van der Waals surface area contributed by atoms with Gasteiger partial charge in [0.05, 0.1) is 0 Å². The van der Waals surface area contributed by atoms with E-state index < -0.39 is 34.4 Å². The molecule has 0 aromatic carbocycles. The molecule has 1 N–H and O–H groups in total. The normalized spacial score (nSPS) is 14.6. The van der Waals surface area contributed by atoms with Gasteiger partial charge in [0.2, 0.25) is 0 Å². The van der Waals surface area contributed by atoms with Gasteiger partial charge in [0.1, 0.15) is 0 Å². The Morgan fingerprint density at radius 2 is 1.35 bits per heavy atom. The van der Waals surface area contributed by atoms with Crippen molar-refractivity contribution < 1.29 is 52.7 Å². The Kier molecular flexibility index (Phi) is 3.71. The number of carbonyl (C=O) groups excluding carboxylic acids is 1. The van der Waals surface area contributed by atoms with Crippen LogP contribution in [-0.4, -0.2) is 37.0 Å². The smallest absolute Gasteiger partial charge is 0.319 e. The molecule has 0 aromatic heterocycles. The molecule has 0 saturated heterocycles. The summed E-state index contributed by atoms with van der Waals surface area (Å²) >= 11 is 0. The van der Waals surface area contributed by atoms with Crippen LogP contribution in [0.4, 0.5) is 30.7 Å². The average molecular weight is 294 g/mol. The van der Waals surface area contributed by atoms with Gasteiger partial charge in [-0.15, -0.1) is 0 Å².